The molecule has 104 valence electrons. The molecule has 0 aliphatic carbocycles. The van der Waals surface area contributed by atoms with Crippen molar-refractivity contribution in [2.24, 2.45) is 11.5 Å². The molecule has 0 unspecified atom stereocenters. The van der Waals surface area contributed by atoms with E-state index in [-0.39, 0.29) is 24.2 Å². The Morgan fingerprint density at radius 3 is 2.44 bits per heavy atom. The van der Waals surface area contributed by atoms with Crippen molar-refractivity contribution in [2.45, 2.75) is 31.9 Å². The molecule has 0 aliphatic rings. The number of para-hydroxylation sites is 1. The van der Waals surface area contributed by atoms with Gasteiger partial charge in [0.1, 0.15) is 5.75 Å². The van der Waals surface area contributed by atoms with E-state index >= 15 is 0 Å². The molecule has 4 N–H and O–H groups in total. The molecular weight excluding hydrogens is 262 g/mol. The molecule has 0 bridgehead atoms. The van der Waals surface area contributed by atoms with Gasteiger partial charge in [0.2, 0.25) is 0 Å². The van der Waals surface area contributed by atoms with E-state index in [0.717, 1.165) is 12.8 Å². The fraction of sp³-hybridized carbons (Fsp3) is 0.500. The molecule has 1 aromatic carbocycles. The van der Waals surface area contributed by atoms with Crippen LogP contribution in [0.5, 0.6) is 5.75 Å². The van der Waals surface area contributed by atoms with Gasteiger partial charge >= 0.3 is 6.61 Å². The highest BCUT2D eigenvalue weighted by molar-refractivity contribution is 5.85. The normalized spacial score (nSPS) is 12.1. The van der Waals surface area contributed by atoms with Crippen LogP contribution in [0.4, 0.5) is 8.78 Å². The summed E-state index contributed by atoms with van der Waals surface area (Å²) < 4.78 is 28.8. The van der Waals surface area contributed by atoms with Crippen LogP contribution in [0.25, 0.3) is 0 Å². The van der Waals surface area contributed by atoms with E-state index in [0.29, 0.717) is 18.5 Å². The third-order valence-electron chi connectivity index (χ3n) is 2.50. The van der Waals surface area contributed by atoms with Crippen molar-refractivity contribution in [3.63, 3.8) is 0 Å². The van der Waals surface area contributed by atoms with Crippen molar-refractivity contribution in [3.8, 4) is 5.75 Å². The third-order valence-corrected chi connectivity index (χ3v) is 2.50. The zero-order valence-corrected chi connectivity index (χ0v) is 10.8. The van der Waals surface area contributed by atoms with Gasteiger partial charge in [-0.3, -0.25) is 0 Å². The number of ether oxygens (including phenoxy) is 1. The van der Waals surface area contributed by atoms with E-state index < -0.39 is 6.61 Å². The van der Waals surface area contributed by atoms with Gasteiger partial charge in [0.05, 0.1) is 0 Å². The number of hydrogen-bond acceptors (Lipinski definition) is 3. The SMILES string of the molecule is Cl.NCCCC[C@@H](N)c1ccccc1OC(F)F. The fourth-order valence-corrected chi connectivity index (χ4v) is 1.65. The van der Waals surface area contributed by atoms with Crippen LogP contribution in [0.15, 0.2) is 24.3 Å². The van der Waals surface area contributed by atoms with Crippen LogP contribution in [0.1, 0.15) is 30.9 Å². The second kappa shape index (κ2) is 9.08. The number of benzene rings is 1. The van der Waals surface area contributed by atoms with Crippen LogP contribution in [-0.2, 0) is 0 Å². The van der Waals surface area contributed by atoms with Crippen molar-refractivity contribution in [1.29, 1.82) is 0 Å². The number of halogens is 3. The first-order chi connectivity index (χ1) is 8.15. The zero-order chi connectivity index (χ0) is 12.7. The molecule has 0 saturated carbocycles. The molecule has 1 atom stereocenters. The summed E-state index contributed by atoms with van der Waals surface area (Å²) in [4.78, 5) is 0. The maximum absolute atomic E-state index is 12.2. The molecule has 0 aliphatic heterocycles. The van der Waals surface area contributed by atoms with Crippen LogP contribution >= 0.6 is 12.4 Å². The van der Waals surface area contributed by atoms with E-state index in [4.69, 9.17) is 11.5 Å². The van der Waals surface area contributed by atoms with E-state index in [2.05, 4.69) is 4.74 Å². The number of nitrogens with two attached hydrogens (primary N) is 2. The van der Waals surface area contributed by atoms with Gasteiger partial charge in [-0.1, -0.05) is 24.6 Å². The van der Waals surface area contributed by atoms with E-state index in [1.807, 2.05) is 0 Å². The summed E-state index contributed by atoms with van der Waals surface area (Å²) in [7, 11) is 0. The fourth-order valence-electron chi connectivity index (χ4n) is 1.65. The zero-order valence-electron chi connectivity index (χ0n) is 10.0. The Bertz CT molecular complexity index is 340. The minimum absolute atomic E-state index is 0. The van der Waals surface area contributed by atoms with Crippen molar-refractivity contribution in [2.75, 3.05) is 6.54 Å². The van der Waals surface area contributed by atoms with Crippen LogP contribution in [0.3, 0.4) is 0 Å². The van der Waals surface area contributed by atoms with E-state index in [1.165, 1.54) is 6.07 Å². The molecule has 0 heterocycles. The molecule has 1 rings (SSSR count). The monoisotopic (exact) mass is 280 g/mol. The number of unbranched alkanes of at least 4 members (excludes halogenated alkanes) is 1. The lowest BCUT2D eigenvalue weighted by atomic mass is 10.0. The van der Waals surface area contributed by atoms with E-state index in [1.54, 1.807) is 18.2 Å². The standard InChI is InChI=1S/C12H18F2N2O.ClH/c13-12(14)17-11-7-2-1-5-9(11)10(16)6-3-4-8-15;/h1-2,5,7,10,12H,3-4,6,8,15-16H2;1H/t10-;/m1./s1. The molecule has 0 radical (unpaired) electrons. The summed E-state index contributed by atoms with van der Waals surface area (Å²) in [6.07, 6.45) is 2.47. The summed E-state index contributed by atoms with van der Waals surface area (Å²) in [6, 6.07) is 6.33. The average Bonchev–Trinajstić information content (AvgIpc) is 2.29. The van der Waals surface area contributed by atoms with Crippen LogP contribution in [-0.4, -0.2) is 13.2 Å². The third kappa shape index (κ3) is 5.62. The van der Waals surface area contributed by atoms with Gasteiger partial charge in [-0.15, -0.1) is 12.4 Å². The van der Waals surface area contributed by atoms with Crippen molar-refractivity contribution < 1.29 is 13.5 Å². The van der Waals surface area contributed by atoms with Crippen molar-refractivity contribution in [3.05, 3.63) is 29.8 Å². The summed E-state index contributed by atoms with van der Waals surface area (Å²) in [5.41, 5.74) is 11.9. The van der Waals surface area contributed by atoms with Crippen molar-refractivity contribution >= 4 is 12.4 Å². The van der Waals surface area contributed by atoms with Gasteiger partial charge in [-0.2, -0.15) is 8.78 Å². The Kier molecular flexibility index (Phi) is 8.62. The van der Waals surface area contributed by atoms with Gasteiger partial charge < -0.3 is 16.2 Å². The smallest absolute Gasteiger partial charge is 0.387 e. The summed E-state index contributed by atoms with van der Waals surface area (Å²) in [6.45, 7) is -2.21. The predicted octanol–water partition coefficient (Wildman–Crippen LogP) is 2.84. The summed E-state index contributed by atoms with van der Waals surface area (Å²) in [5, 5.41) is 0. The second-order valence-electron chi connectivity index (χ2n) is 3.81. The average molecular weight is 281 g/mol. The number of hydrogen-bond donors (Lipinski definition) is 2. The first kappa shape index (κ1) is 17.1. The summed E-state index contributed by atoms with van der Waals surface area (Å²) in [5.74, 6) is 0.155. The van der Waals surface area contributed by atoms with Crippen LogP contribution in [0, 0.1) is 0 Å². The quantitative estimate of drug-likeness (QED) is 0.755. The maximum atomic E-state index is 12.2. The predicted molar refractivity (Wildman–Crippen MR) is 70.2 cm³/mol. The highest BCUT2D eigenvalue weighted by Gasteiger charge is 2.14. The van der Waals surface area contributed by atoms with Gasteiger partial charge in [0.25, 0.3) is 0 Å². The van der Waals surface area contributed by atoms with E-state index in [9.17, 15) is 8.78 Å². The maximum Gasteiger partial charge on any atom is 0.387 e. The summed E-state index contributed by atoms with van der Waals surface area (Å²) >= 11 is 0. The Balaban J connectivity index is 0.00000289. The molecule has 1 aromatic rings. The molecule has 3 nitrogen and oxygen atoms in total. The van der Waals surface area contributed by atoms with Gasteiger partial charge in [0.15, 0.2) is 0 Å². The molecule has 0 amide bonds. The van der Waals surface area contributed by atoms with Crippen LogP contribution < -0.4 is 16.2 Å². The Hall–Kier alpha value is -0.910. The van der Waals surface area contributed by atoms with Gasteiger partial charge in [-0.05, 0) is 25.5 Å². The largest absolute Gasteiger partial charge is 0.434 e. The Labute approximate surface area is 112 Å². The van der Waals surface area contributed by atoms with Gasteiger partial charge in [0, 0.05) is 11.6 Å². The lowest BCUT2D eigenvalue weighted by Crippen LogP contribution is -2.14. The molecular formula is C12H19ClF2N2O. The highest BCUT2D eigenvalue weighted by atomic mass is 35.5. The lowest BCUT2D eigenvalue weighted by Gasteiger charge is -2.16. The molecule has 0 spiro atoms. The van der Waals surface area contributed by atoms with Crippen LogP contribution in [0.2, 0.25) is 0 Å². The molecule has 18 heavy (non-hydrogen) atoms. The topological polar surface area (TPSA) is 61.3 Å². The first-order valence-electron chi connectivity index (χ1n) is 5.64. The molecule has 0 aromatic heterocycles. The molecule has 6 heteroatoms. The molecule has 0 saturated heterocycles. The molecule has 0 fully saturated rings. The van der Waals surface area contributed by atoms with Gasteiger partial charge in [-0.25, -0.2) is 0 Å². The second-order valence-corrected chi connectivity index (χ2v) is 3.81. The number of alkyl halides is 2. The minimum Gasteiger partial charge on any atom is -0.434 e. The Morgan fingerprint density at radius 1 is 1.17 bits per heavy atom. The minimum atomic E-state index is -2.83. The Morgan fingerprint density at radius 2 is 1.83 bits per heavy atom. The van der Waals surface area contributed by atoms with Crippen molar-refractivity contribution in [1.82, 2.24) is 0 Å². The number of rotatable bonds is 7. The first-order valence-corrected chi connectivity index (χ1v) is 5.64. The lowest BCUT2D eigenvalue weighted by molar-refractivity contribution is -0.0506. The highest BCUT2D eigenvalue weighted by Crippen LogP contribution is 2.27.